The molecule has 0 spiro atoms. The van der Waals surface area contributed by atoms with Gasteiger partial charge in [0.05, 0.1) is 19.3 Å². The van der Waals surface area contributed by atoms with Crippen LogP contribution in [-0.4, -0.2) is 161 Å². The Morgan fingerprint density at radius 1 is 0.833 bits per heavy atom. The van der Waals surface area contributed by atoms with Crippen molar-refractivity contribution < 1.29 is 75.1 Å². The highest BCUT2D eigenvalue weighted by Gasteiger charge is 2.57. The van der Waals surface area contributed by atoms with Crippen LogP contribution in [-0.2, 0) is 66.3 Å². The molecule has 1 aliphatic carbocycles. The van der Waals surface area contributed by atoms with E-state index in [1.807, 2.05) is 12.1 Å². The average molecular weight is 1210 g/mol. The molecule has 84 heavy (non-hydrogen) atoms. The molecule has 2 fully saturated rings. The third kappa shape index (κ3) is 18.9. The number of benzene rings is 2. The Bertz CT molecular complexity index is 3170. The monoisotopic (exact) mass is 1210 g/mol. The molecule has 0 radical (unpaired) electrons. The number of oxime groups is 1. The molecular weight excluding hydrogens is 1140 g/mol. The number of rotatable bonds is 19. The number of ether oxygens (including phenoxy) is 5. The summed E-state index contributed by atoms with van der Waals surface area (Å²) in [6, 6.07) is 14.7. The van der Waals surface area contributed by atoms with E-state index in [2.05, 4.69) is 41.3 Å². The zero-order chi connectivity index (χ0) is 62.2. The maximum absolute atomic E-state index is 14.5. The Labute approximate surface area is 490 Å². The fourth-order valence-corrected chi connectivity index (χ4v) is 9.34. The van der Waals surface area contributed by atoms with Gasteiger partial charge in [-0.2, -0.15) is 23.4 Å². The third-order valence-corrected chi connectivity index (χ3v) is 13.1. The summed E-state index contributed by atoms with van der Waals surface area (Å²) in [4.78, 5) is 112. The average Bonchev–Trinajstić information content (AvgIpc) is 3.10. The Morgan fingerprint density at radius 3 is 1.95 bits per heavy atom. The fraction of sp³-hybridized carbons (Fsp3) is 0.519. The molecule has 1 aliphatic heterocycles. The third-order valence-electron chi connectivity index (χ3n) is 11.4. The Balaban J connectivity index is 1.26. The van der Waals surface area contributed by atoms with E-state index in [-0.39, 0.29) is 65.7 Å². The van der Waals surface area contributed by atoms with E-state index in [4.69, 9.17) is 28.5 Å². The topological polar surface area (TPSA) is 343 Å². The number of guanidine groups is 1. The van der Waals surface area contributed by atoms with Crippen LogP contribution in [0.25, 0.3) is 0 Å². The molecule has 2 aromatic heterocycles. The molecule has 4 N–H and O–H groups in total. The highest BCUT2D eigenvalue weighted by molar-refractivity contribution is 7.84. The van der Waals surface area contributed by atoms with E-state index in [1.54, 1.807) is 132 Å². The molecule has 28 nitrogen and oxygen atoms in total. The SMILES string of the molecule is CN(Cc1cnn(C[C@@H]2[C@H](NC(=O)C(=NOC3(C(=O)OC(c4ccccc4)c4ccccc4)CC3)c3csc(NC(=O)OC(C)(C)C)n3)C(=O)N2S(=O)(=O)O)n1)C(=NC(=O)OC(C)(C)C)N(CCCNC(=O)OC(C)(C)C)C(=O)OC(C)(C)C. The van der Waals surface area contributed by atoms with Gasteiger partial charge in [0.2, 0.25) is 11.6 Å². The lowest BCUT2D eigenvalue weighted by Crippen LogP contribution is -2.73. The summed E-state index contributed by atoms with van der Waals surface area (Å²) in [5.41, 5.74) is -4.73. The van der Waals surface area contributed by atoms with E-state index in [0.29, 0.717) is 11.1 Å². The van der Waals surface area contributed by atoms with Crippen LogP contribution in [0.3, 0.4) is 0 Å². The van der Waals surface area contributed by atoms with E-state index in [0.717, 1.165) is 21.0 Å². The second kappa shape index (κ2) is 26.1. The number of nitrogens with zero attached hydrogens (tertiary/aromatic N) is 9. The summed E-state index contributed by atoms with van der Waals surface area (Å²) < 4.78 is 63.8. The number of hydrogen-bond acceptors (Lipinski definition) is 20. The number of nitrogens with one attached hydrogen (secondary N) is 3. The second-order valence-corrected chi connectivity index (χ2v) is 25.6. The molecule has 6 rings (SSSR count). The van der Waals surface area contributed by atoms with E-state index >= 15 is 0 Å². The van der Waals surface area contributed by atoms with Crippen molar-refractivity contribution in [3.8, 4) is 0 Å². The highest BCUT2D eigenvalue weighted by atomic mass is 32.2. The zero-order valence-electron chi connectivity index (χ0n) is 49.0. The minimum Gasteiger partial charge on any atom is -0.450 e. The van der Waals surface area contributed by atoms with Crippen LogP contribution in [0, 0.1) is 0 Å². The minimum absolute atomic E-state index is 0.0291. The number of aliphatic imine (C=N–C) groups is 1. The molecule has 2 aliphatic rings. The number of amides is 6. The molecule has 6 amide bonds. The van der Waals surface area contributed by atoms with Gasteiger partial charge in [0.25, 0.3) is 11.8 Å². The van der Waals surface area contributed by atoms with Gasteiger partial charge in [-0.25, -0.2) is 38.2 Å². The molecule has 1 saturated heterocycles. The predicted octanol–water partition coefficient (Wildman–Crippen LogP) is 6.74. The van der Waals surface area contributed by atoms with Crippen LogP contribution in [0.2, 0.25) is 0 Å². The first-order chi connectivity index (χ1) is 39.0. The quantitative estimate of drug-likeness (QED) is 0.0110. The first-order valence-electron chi connectivity index (χ1n) is 26.5. The lowest BCUT2D eigenvalue weighted by molar-refractivity contribution is -0.164. The molecule has 2 atom stereocenters. The number of aromatic nitrogens is 4. The maximum atomic E-state index is 14.5. The molecule has 0 bridgehead atoms. The van der Waals surface area contributed by atoms with Gasteiger partial charge in [-0.15, -0.1) is 16.3 Å². The summed E-state index contributed by atoms with van der Waals surface area (Å²) >= 11 is 0.862. The summed E-state index contributed by atoms with van der Waals surface area (Å²) in [6.45, 7) is 18.9. The molecule has 1 saturated carbocycles. The van der Waals surface area contributed by atoms with Crippen LogP contribution < -0.4 is 16.0 Å². The summed E-state index contributed by atoms with van der Waals surface area (Å²) in [7, 11) is -3.81. The van der Waals surface area contributed by atoms with Crippen molar-refractivity contribution in [3.05, 3.63) is 94.8 Å². The van der Waals surface area contributed by atoms with Gasteiger partial charge in [0, 0.05) is 38.4 Å². The van der Waals surface area contributed by atoms with Gasteiger partial charge in [-0.3, -0.25) is 19.5 Å². The van der Waals surface area contributed by atoms with Gasteiger partial charge in [-0.05, 0) is 101 Å². The summed E-state index contributed by atoms with van der Waals surface area (Å²) in [5, 5.41) is 21.6. The Hall–Kier alpha value is -8.25. The van der Waals surface area contributed by atoms with Crippen molar-refractivity contribution in [2.24, 2.45) is 10.1 Å². The standard InChI is InChI=1S/C54H72N12O16S2/c1-50(2,3)78-46(70)55-27-20-28-64(49(73)81-53(10,11)12)45(60-48(72)80-52(7,8)9)63(13)30-35-29-56-65(61-35)31-37-39(42(68)66(37)84(74,75)76)58-41(67)38(36-32-83-44(57-36)59-47(71)79-51(4,5)6)62-82-54(25-26-54)43(69)77-40(33-21-16-14-17-22-33)34-23-18-15-19-24-34/h14-19,21-24,29,32,37,39-40H,20,25-28,30-31H2,1-13H3,(H,55,70)(H,58,67)(H,57,59,71)(H,74,75,76)/t37-,39+/m1/s1. The fourth-order valence-electron chi connectivity index (χ4n) is 7.79. The molecule has 4 aromatic rings. The Morgan fingerprint density at radius 2 is 1.40 bits per heavy atom. The van der Waals surface area contributed by atoms with E-state index < -0.39 is 111 Å². The number of carbonyl (C=O) groups is 7. The number of β-lactam (4-membered cyclic amide) rings is 1. The maximum Gasteiger partial charge on any atom is 0.437 e. The number of hydrogen-bond donors (Lipinski definition) is 4. The normalized spacial score (nSPS) is 16.4. The molecule has 3 heterocycles. The number of esters is 1. The van der Waals surface area contributed by atoms with Crippen molar-refractivity contribution in [1.82, 2.24) is 44.7 Å². The van der Waals surface area contributed by atoms with Crippen LogP contribution in [0.15, 0.2) is 82.4 Å². The predicted molar refractivity (Wildman–Crippen MR) is 303 cm³/mol. The highest BCUT2D eigenvalue weighted by Crippen LogP contribution is 2.43. The van der Waals surface area contributed by atoms with Crippen molar-refractivity contribution in [3.63, 3.8) is 0 Å². The summed E-state index contributed by atoms with van der Waals surface area (Å²) in [6.07, 6.45) is -2.79. The van der Waals surface area contributed by atoms with Gasteiger partial charge >= 0.3 is 40.6 Å². The minimum atomic E-state index is -5.28. The van der Waals surface area contributed by atoms with Crippen molar-refractivity contribution >= 4 is 80.6 Å². The second-order valence-electron chi connectivity index (χ2n) is 23.5. The Kier molecular flexibility index (Phi) is 20.2. The number of thiazole rings is 1. The van der Waals surface area contributed by atoms with Crippen LogP contribution in [0.5, 0.6) is 0 Å². The number of carbonyl (C=O) groups excluding carboxylic acids is 7. The van der Waals surface area contributed by atoms with Crippen molar-refractivity contribution in [2.45, 2.75) is 162 Å². The van der Waals surface area contributed by atoms with Gasteiger partial charge < -0.3 is 44.1 Å². The van der Waals surface area contributed by atoms with Gasteiger partial charge in [0.1, 0.15) is 45.9 Å². The first kappa shape index (κ1) is 64.9. The molecule has 2 aromatic carbocycles. The lowest BCUT2D eigenvalue weighted by Gasteiger charge is -2.43. The van der Waals surface area contributed by atoms with Crippen molar-refractivity contribution in [2.75, 3.05) is 25.5 Å². The van der Waals surface area contributed by atoms with Crippen LogP contribution in [0.4, 0.5) is 24.3 Å². The van der Waals surface area contributed by atoms with Crippen LogP contribution in [0.1, 0.15) is 131 Å². The smallest absolute Gasteiger partial charge is 0.437 e. The van der Waals surface area contributed by atoms with E-state index in [9.17, 15) is 46.5 Å². The molecule has 0 unspecified atom stereocenters. The number of anilines is 1. The van der Waals surface area contributed by atoms with Gasteiger partial charge in [-0.1, -0.05) is 65.8 Å². The molecular formula is C54H72N12O16S2. The molecule has 456 valence electrons. The largest absolute Gasteiger partial charge is 0.450 e. The molecule has 30 heteroatoms. The van der Waals surface area contributed by atoms with Gasteiger partial charge in [0.15, 0.2) is 16.9 Å². The first-order valence-corrected chi connectivity index (χ1v) is 28.8. The zero-order valence-corrected chi connectivity index (χ0v) is 50.7. The van der Waals surface area contributed by atoms with E-state index in [1.165, 1.54) is 23.5 Å². The number of alkyl carbamates (subject to hydrolysis) is 1. The summed E-state index contributed by atoms with van der Waals surface area (Å²) in [5.74, 6) is -3.50. The van der Waals surface area contributed by atoms with Crippen molar-refractivity contribution in [1.29, 1.82) is 0 Å². The lowest BCUT2D eigenvalue weighted by atomic mass is 9.98. The van der Waals surface area contributed by atoms with Crippen LogP contribution >= 0.6 is 11.3 Å².